The lowest BCUT2D eigenvalue weighted by Gasteiger charge is -2.34. The summed E-state index contributed by atoms with van der Waals surface area (Å²) in [5.41, 5.74) is 0.853. The van der Waals surface area contributed by atoms with Crippen molar-refractivity contribution in [3.63, 3.8) is 0 Å². The van der Waals surface area contributed by atoms with E-state index in [0.717, 1.165) is 0 Å². The van der Waals surface area contributed by atoms with Crippen LogP contribution in [0, 0.1) is 19.7 Å². The van der Waals surface area contributed by atoms with Crippen LogP contribution in [0.5, 0.6) is 5.75 Å². The Balaban J connectivity index is 1.63. The van der Waals surface area contributed by atoms with Crippen molar-refractivity contribution in [2.75, 3.05) is 33.3 Å². The summed E-state index contributed by atoms with van der Waals surface area (Å²) in [5, 5.41) is 3.70. The fourth-order valence-corrected chi connectivity index (χ4v) is 4.97. The van der Waals surface area contributed by atoms with Crippen LogP contribution in [0.2, 0.25) is 0 Å². The van der Waals surface area contributed by atoms with E-state index in [1.54, 1.807) is 24.8 Å². The minimum atomic E-state index is -3.73. The van der Waals surface area contributed by atoms with Gasteiger partial charge >= 0.3 is 0 Å². The highest BCUT2D eigenvalue weighted by Gasteiger charge is 2.34. The van der Waals surface area contributed by atoms with Crippen molar-refractivity contribution in [1.82, 2.24) is 14.4 Å². The molecular formula is C18H22FN3O5S. The summed E-state index contributed by atoms with van der Waals surface area (Å²) >= 11 is 0. The quantitative estimate of drug-likeness (QED) is 0.741. The summed E-state index contributed by atoms with van der Waals surface area (Å²) in [6, 6.07) is 4.39. The molecule has 1 aromatic carbocycles. The van der Waals surface area contributed by atoms with E-state index in [4.69, 9.17) is 9.26 Å². The van der Waals surface area contributed by atoms with Crippen LogP contribution in [0.4, 0.5) is 4.39 Å². The van der Waals surface area contributed by atoms with E-state index in [-0.39, 0.29) is 54.9 Å². The molecule has 8 nitrogen and oxygen atoms in total. The van der Waals surface area contributed by atoms with Crippen molar-refractivity contribution in [2.45, 2.75) is 25.2 Å². The van der Waals surface area contributed by atoms with Crippen LogP contribution in [0.15, 0.2) is 27.6 Å². The maximum absolute atomic E-state index is 13.8. The SMILES string of the molecule is COc1ccc(CC(=O)N2CCN(S(=O)(=O)c3c(C)noc3C)CC2)cc1F. The van der Waals surface area contributed by atoms with Crippen molar-refractivity contribution in [3.8, 4) is 5.75 Å². The van der Waals surface area contributed by atoms with Crippen molar-refractivity contribution < 1.29 is 26.9 Å². The average molecular weight is 411 g/mol. The number of aryl methyl sites for hydroxylation is 2. The Kier molecular flexibility index (Phi) is 5.71. The number of carbonyl (C=O) groups is 1. The van der Waals surface area contributed by atoms with Gasteiger partial charge in [-0.25, -0.2) is 12.8 Å². The molecule has 0 aliphatic carbocycles. The van der Waals surface area contributed by atoms with E-state index < -0.39 is 15.8 Å². The molecule has 1 amide bonds. The molecule has 2 aromatic rings. The summed E-state index contributed by atoms with van der Waals surface area (Å²) in [7, 11) is -2.35. The zero-order chi connectivity index (χ0) is 20.5. The van der Waals surface area contributed by atoms with E-state index in [0.29, 0.717) is 11.3 Å². The fraction of sp³-hybridized carbons (Fsp3) is 0.444. The molecule has 1 fully saturated rings. The second-order valence-electron chi connectivity index (χ2n) is 6.58. The molecule has 0 unspecified atom stereocenters. The number of sulfonamides is 1. The molecule has 3 rings (SSSR count). The first kappa shape index (κ1) is 20.3. The van der Waals surface area contributed by atoms with Gasteiger partial charge in [0.1, 0.15) is 10.6 Å². The van der Waals surface area contributed by atoms with Gasteiger partial charge in [0, 0.05) is 26.2 Å². The second kappa shape index (κ2) is 7.88. The van der Waals surface area contributed by atoms with E-state index in [2.05, 4.69) is 5.16 Å². The number of aromatic nitrogens is 1. The first-order valence-corrected chi connectivity index (χ1v) is 10.2. The Morgan fingerprint density at radius 3 is 2.46 bits per heavy atom. The third-order valence-electron chi connectivity index (χ3n) is 4.73. The number of hydrogen-bond acceptors (Lipinski definition) is 6. The van der Waals surface area contributed by atoms with Gasteiger partial charge in [-0.2, -0.15) is 4.31 Å². The molecule has 1 aliphatic rings. The summed E-state index contributed by atoms with van der Waals surface area (Å²) in [6.45, 7) is 4.02. The highest BCUT2D eigenvalue weighted by molar-refractivity contribution is 7.89. The number of methoxy groups -OCH3 is 1. The lowest BCUT2D eigenvalue weighted by Crippen LogP contribution is -2.51. The molecule has 1 saturated heterocycles. The van der Waals surface area contributed by atoms with Gasteiger partial charge in [0.15, 0.2) is 17.3 Å². The van der Waals surface area contributed by atoms with Crippen molar-refractivity contribution in [3.05, 3.63) is 41.0 Å². The summed E-state index contributed by atoms with van der Waals surface area (Å²) in [4.78, 5) is 14.2. The largest absolute Gasteiger partial charge is 0.494 e. The minimum absolute atomic E-state index is 0.0392. The third kappa shape index (κ3) is 3.88. The molecule has 152 valence electrons. The Morgan fingerprint density at radius 1 is 1.25 bits per heavy atom. The van der Waals surface area contributed by atoms with Crippen molar-refractivity contribution in [1.29, 1.82) is 0 Å². The van der Waals surface area contributed by atoms with Gasteiger partial charge in [-0.1, -0.05) is 11.2 Å². The number of halogens is 1. The molecule has 10 heteroatoms. The molecule has 2 heterocycles. The molecule has 0 saturated carbocycles. The number of nitrogens with zero attached hydrogens (tertiary/aromatic N) is 3. The number of carbonyl (C=O) groups excluding carboxylic acids is 1. The number of rotatable bonds is 5. The molecule has 0 spiro atoms. The second-order valence-corrected chi connectivity index (χ2v) is 8.46. The number of benzene rings is 1. The number of hydrogen-bond donors (Lipinski definition) is 0. The smallest absolute Gasteiger partial charge is 0.248 e. The molecule has 0 radical (unpaired) electrons. The maximum atomic E-state index is 13.8. The molecule has 1 aliphatic heterocycles. The first-order valence-electron chi connectivity index (χ1n) is 8.77. The lowest BCUT2D eigenvalue weighted by atomic mass is 10.1. The van der Waals surface area contributed by atoms with Crippen molar-refractivity contribution in [2.24, 2.45) is 0 Å². The lowest BCUT2D eigenvalue weighted by molar-refractivity contribution is -0.131. The Morgan fingerprint density at radius 2 is 1.93 bits per heavy atom. The van der Waals surface area contributed by atoms with Crippen LogP contribution in [0.1, 0.15) is 17.0 Å². The van der Waals surface area contributed by atoms with E-state index >= 15 is 0 Å². The molecule has 28 heavy (non-hydrogen) atoms. The zero-order valence-corrected chi connectivity index (χ0v) is 16.8. The Labute approximate surface area is 162 Å². The average Bonchev–Trinajstić information content (AvgIpc) is 3.01. The highest BCUT2D eigenvalue weighted by atomic mass is 32.2. The third-order valence-corrected chi connectivity index (χ3v) is 6.87. The summed E-state index contributed by atoms with van der Waals surface area (Å²) < 4.78 is 50.6. The maximum Gasteiger partial charge on any atom is 0.248 e. The van der Waals surface area contributed by atoms with Crippen molar-refractivity contribution >= 4 is 15.9 Å². The predicted molar refractivity (Wildman–Crippen MR) is 98.0 cm³/mol. The van der Waals surface area contributed by atoms with Gasteiger partial charge in [-0.15, -0.1) is 0 Å². The van der Waals surface area contributed by atoms with Crippen LogP contribution in [0.3, 0.4) is 0 Å². The fourth-order valence-electron chi connectivity index (χ4n) is 3.26. The Bertz CT molecular complexity index is 962. The molecule has 0 N–H and O–H groups in total. The Hall–Kier alpha value is -2.46. The predicted octanol–water partition coefficient (Wildman–Crippen LogP) is 1.51. The van der Waals surface area contributed by atoms with Gasteiger partial charge in [0.25, 0.3) is 0 Å². The van der Waals surface area contributed by atoms with Crippen LogP contribution in [-0.2, 0) is 21.2 Å². The molecule has 0 atom stereocenters. The normalized spacial score (nSPS) is 15.6. The first-order chi connectivity index (χ1) is 13.2. The highest BCUT2D eigenvalue weighted by Crippen LogP contribution is 2.24. The zero-order valence-electron chi connectivity index (χ0n) is 15.9. The molecular weight excluding hydrogens is 389 g/mol. The van der Waals surface area contributed by atoms with Gasteiger partial charge in [0.2, 0.25) is 15.9 Å². The number of amides is 1. The number of ether oxygens (including phenoxy) is 1. The molecule has 1 aromatic heterocycles. The topological polar surface area (TPSA) is 93.0 Å². The van der Waals surface area contributed by atoms with Gasteiger partial charge in [-0.3, -0.25) is 4.79 Å². The number of piperazine rings is 1. The van der Waals surface area contributed by atoms with E-state index in [1.165, 1.54) is 23.5 Å². The van der Waals surface area contributed by atoms with Crippen LogP contribution >= 0.6 is 0 Å². The van der Waals surface area contributed by atoms with Gasteiger partial charge < -0.3 is 14.2 Å². The van der Waals surface area contributed by atoms with Crippen LogP contribution < -0.4 is 4.74 Å². The van der Waals surface area contributed by atoms with Gasteiger partial charge in [-0.05, 0) is 31.5 Å². The van der Waals surface area contributed by atoms with E-state index in [1.807, 2.05) is 0 Å². The summed E-state index contributed by atoms with van der Waals surface area (Å²) in [6.07, 6.45) is 0.0392. The summed E-state index contributed by atoms with van der Waals surface area (Å²) in [5.74, 6) is -0.339. The van der Waals surface area contributed by atoms with Crippen LogP contribution in [-0.4, -0.2) is 62.0 Å². The minimum Gasteiger partial charge on any atom is -0.494 e. The monoisotopic (exact) mass is 411 g/mol. The van der Waals surface area contributed by atoms with Gasteiger partial charge in [0.05, 0.1) is 13.5 Å². The van der Waals surface area contributed by atoms with Crippen LogP contribution in [0.25, 0.3) is 0 Å². The van der Waals surface area contributed by atoms with E-state index in [9.17, 15) is 17.6 Å². The molecule has 0 bridgehead atoms. The standard InChI is InChI=1S/C18H22FN3O5S/c1-12-18(13(2)27-20-12)28(24,25)22-8-6-21(7-9-22)17(23)11-14-4-5-16(26-3)15(19)10-14/h4-5,10H,6-9,11H2,1-3H3.